The van der Waals surface area contributed by atoms with Crippen molar-refractivity contribution in [2.24, 2.45) is 5.92 Å². The fraction of sp³-hybridized carbons (Fsp3) is 0.448. The van der Waals surface area contributed by atoms with Crippen LogP contribution in [0.15, 0.2) is 48.5 Å². The van der Waals surface area contributed by atoms with Crippen molar-refractivity contribution >= 4 is 17.7 Å². The van der Waals surface area contributed by atoms with E-state index in [2.05, 4.69) is 28.3 Å². The molecular weight excluding hydrogens is 440 g/mol. The van der Waals surface area contributed by atoms with Crippen LogP contribution in [0.3, 0.4) is 0 Å². The predicted octanol–water partition coefficient (Wildman–Crippen LogP) is 5.57. The summed E-state index contributed by atoms with van der Waals surface area (Å²) in [7, 11) is 0. The lowest BCUT2D eigenvalue weighted by Gasteiger charge is -2.38. The van der Waals surface area contributed by atoms with Crippen LogP contribution in [0.1, 0.15) is 63.1 Å². The number of anilines is 1. The standard InChI is InChI=1S/C29H36N2O4/c1-6-21-8-10-22(11-9-21)18-31-19-23(17-27(32)34-7-2)16-25(20-31)24-12-14-26(15-13-24)30-28(33)35-29(3,4)5/h1,8-15,23,25H,7,16-20H2,2-5H3,(H,30,33)/t23-,25+/m0/s1. The summed E-state index contributed by atoms with van der Waals surface area (Å²) in [5.74, 6) is 2.98. The van der Waals surface area contributed by atoms with Gasteiger partial charge in [0.2, 0.25) is 0 Å². The third-order valence-electron chi connectivity index (χ3n) is 5.93. The number of nitrogens with one attached hydrogen (secondary N) is 1. The number of nitrogens with zero attached hydrogens (tertiary/aromatic N) is 1. The van der Waals surface area contributed by atoms with E-state index >= 15 is 0 Å². The molecular formula is C29H36N2O4. The Morgan fingerprint density at radius 3 is 2.37 bits per heavy atom. The predicted molar refractivity (Wildman–Crippen MR) is 138 cm³/mol. The van der Waals surface area contributed by atoms with Gasteiger partial charge in [-0.1, -0.05) is 30.2 Å². The molecule has 6 heteroatoms. The van der Waals surface area contributed by atoms with Crippen molar-refractivity contribution in [1.82, 2.24) is 4.90 Å². The van der Waals surface area contributed by atoms with Crippen LogP contribution in [0.5, 0.6) is 0 Å². The second-order valence-corrected chi connectivity index (χ2v) is 10.1. The highest BCUT2D eigenvalue weighted by Gasteiger charge is 2.30. The summed E-state index contributed by atoms with van der Waals surface area (Å²) in [6, 6.07) is 15.9. The Bertz CT molecular complexity index is 1030. The number of hydrogen-bond donors (Lipinski definition) is 1. The fourth-order valence-corrected chi connectivity index (χ4v) is 4.50. The van der Waals surface area contributed by atoms with E-state index in [0.717, 1.165) is 31.6 Å². The molecule has 1 heterocycles. The smallest absolute Gasteiger partial charge is 0.412 e. The highest BCUT2D eigenvalue weighted by molar-refractivity contribution is 5.84. The van der Waals surface area contributed by atoms with E-state index < -0.39 is 11.7 Å². The van der Waals surface area contributed by atoms with Crippen LogP contribution in [0.4, 0.5) is 10.5 Å². The summed E-state index contributed by atoms with van der Waals surface area (Å²) in [5, 5.41) is 2.78. The molecule has 1 aliphatic rings. The van der Waals surface area contributed by atoms with Crippen LogP contribution in [0.2, 0.25) is 0 Å². The van der Waals surface area contributed by atoms with E-state index in [0.29, 0.717) is 18.7 Å². The zero-order chi connectivity index (χ0) is 25.4. The summed E-state index contributed by atoms with van der Waals surface area (Å²) in [5.41, 5.74) is 3.38. The molecule has 2 atom stereocenters. The zero-order valence-corrected chi connectivity index (χ0v) is 21.2. The van der Waals surface area contributed by atoms with Crippen LogP contribution < -0.4 is 5.32 Å². The molecule has 1 saturated heterocycles. The van der Waals surface area contributed by atoms with Gasteiger partial charge in [-0.15, -0.1) is 6.42 Å². The monoisotopic (exact) mass is 476 g/mol. The van der Waals surface area contributed by atoms with E-state index in [4.69, 9.17) is 15.9 Å². The second-order valence-electron chi connectivity index (χ2n) is 10.1. The molecule has 1 fully saturated rings. The Hall–Kier alpha value is -3.30. The third kappa shape index (κ3) is 8.45. The first-order chi connectivity index (χ1) is 16.6. The summed E-state index contributed by atoms with van der Waals surface area (Å²) in [4.78, 5) is 26.7. The quantitative estimate of drug-likeness (QED) is 0.418. The van der Waals surface area contributed by atoms with Gasteiger partial charge < -0.3 is 9.47 Å². The number of rotatable bonds is 7. The normalized spacial score (nSPS) is 18.4. The highest BCUT2D eigenvalue weighted by atomic mass is 16.6. The van der Waals surface area contributed by atoms with E-state index in [9.17, 15) is 9.59 Å². The third-order valence-corrected chi connectivity index (χ3v) is 5.93. The Balaban J connectivity index is 1.71. The average Bonchev–Trinajstić information content (AvgIpc) is 2.79. The number of carbonyl (C=O) groups excluding carboxylic acids is 2. The number of likely N-dealkylation sites (tertiary alicyclic amines) is 1. The average molecular weight is 477 g/mol. The minimum Gasteiger partial charge on any atom is -0.466 e. The van der Waals surface area contributed by atoms with E-state index in [-0.39, 0.29) is 17.8 Å². The lowest BCUT2D eigenvalue weighted by Crippen LogP contribution is -2.40. The van der Waals surface area contributed by atoms with Crippen molar-refractivity contribution in [1.29, 1.82) is 0 Å². The summed E-state index contributed by atoms with van der Waals surface area (Å²) < 4.78 is 10.6. The van der Waals surface area contributed by atoms with Gasteiger partial charge in [-0.25, -0.2) is 4.79 Å². The molecule has 35 heavy (non-hydrogen) atoms. The zero-order valence-electron chi connectivity index (χ0n) is 21.2. The van der Waals surface area contributed by atoms with Gasteiger partial charge in [0.05, 0.1) is 6.61 Å². The first kappa shape index (κ1) is 26.3. The number of esters is 1. The number of piperidine rings is 1. The first-order valence-electron chi connectivity index (χ1n) is 12.2. The molecule has 186 valence electrons. The largest absolute Gasteiger partial charge is 0.466 e. The summed E-state index contributed by atoms with van der Waals surface area (Å²) >= 11 is 0. The molecule has 0 unspecified atom stereocenters. The highest BCUT2D eigenvalue weighted by Crippen LogP contribution is 2.33. The number of amides is 1. The van der Waals surface area contributed by atoms with Crippen LogP contribution >= 0.6 is 0 Å². The lowest BCUT2D eigenvalue weighted by molar-refractivity contribution is -0.144. The van der Waals surface area contributed by atoms with Crippen LogP contribution in [0, 0.1) is 18.3 Å². The Labute approximate surface area is 209 Å². The van der Waals surface area contributed by atoms with Crippen molar-refractivity contribution in [2.75, 3.05) is 25.0 Å². The number of benzene rings is 2. The van der Waals surface area contributed by atoms with Gasteiger partial charge in [-0.05, 0) is 81.3 Å². The maximum absolute atomic E-state index is 12.2. The topological polar surface area (TPSA) is 67.9 Å². The number of terminal acetylenes is 1. The Kier molecular flexibility index (Phi) is 8.95. The number of ether oxygens (including phenoxy) is 2. The van der Waals surface area contributed by atoms with Crippen molar-refractivity contribution in [3.8, 4) is 12.3 Å². The molecule has 3 rings (SSSR count). The number of carbonyl (C=O) groups is 2. The van der Waals surface area contributed by atoms with Gasteiger partial charge in [-0.3, -0.25) is 15.0 Å². The van der Waals surface area contributed by atoms with Crippen molar-refractivity contribution in [3.05, 3.63) is 65.2 Å². The fourth-order valence-electron chi connectivity index (χ4n) is 4.50. The van der Waals surface area contributed by atoms with Gasteiger partial charge >= 0.3 is 12.1 Å². The molecule has 0 saturated carbocycles. The molecule has 1 amide bonds. The lowest BCUT2D eigenvalue weighted by atomic mass is 9.83. The molecule has 0 aliphatic carbocycles. The molecule has 0 radical (unpaired) electrons. The maximum atomic E-state index is 12.2. The Morgan fingerprint density at radius 1 is 1.09 bits per heavy atom. The minimum absolute atomic E-state index is 0.145. The molecule has 2 aromatic carbocycles. The van der Waals surface area contributed by atoms with E-state index in [1.807, 2.05) is 64.1 Å². The molecule has 1 aliphatic heterocycles. The molecule has 2 aromatic rings. The van der Waals surface area contributed by atoms with Gasteiger partial charge in [0.1, 0.15) is 5.60 Å². The minimum atomic E-state index is -0.551. The number of hydrogen-bond acceptors (Lipinski definition) is 5. The first-order valence-corrected chi connectivity index (χ1v) is 12.2. The summed E-state index contributed by atoms with van der Waals surface area (Å²) in [6.45, 7) is 10.2. The summed E-state index contributed by atoms with van der Waals surface area (Å²) in [6.07, 6.45) is 6.33. The van der Waals surface area contributed by atoms with Gasteiger partial charge in [0, 0.05) is 37.3 Å². The van der Waals surface area contributed by atoms with Crippen LogP contribution in [-0.4, -0.2) is 42.3 Å². The van der Waals surface area contributed by atoms with E-state index in [1.54, 1.807) is 0 Å². The van der Waals surface area contributed by atoms with Crippen LogP contribution in [0.25, 0.3) is 0 Å². The second kappa shape index (κ2) is 11.9. The van der Waals surface area contributed by atoms with Crippen molar-refractivity contribution < 1.29 is 19.1 Å². The Morgan fingerprint density at radius 2 is 1.77 bits per heavy atom. The maximum Gasteiger partial charge on any atom is 0.412 e. The SMILES string of the molecule is C#Cc1ccc(CN2C[C@H](CC(=O)OCC)C[C@@H](c3ccc(NC(=O)OC(C)(C)C)cc3)C2)cc1. The molecule has 0 bridgehead atoms. The van der Waals surface area contributed by atoms with E-state index in [1.165, 1.54) is 11.1 Å². The molecule has 1 N–H and O–H groups in total. The van der Waals surface area contributed by atoms with Gasteiger partial charge in [0.25, 0.3) is 0 Å². The van der Waals surface area contributed by atoms with Gasteiger partial charge in [-0.2, -0.15) is 0 Å². The molecule has 0 spiro atoms. The van der Waals surface area contributed by atoms with Crippen LogP contribution in [-0.2, 0) is 20.8 Å². The van der Waals surface area contributed by atoms with Crippen molar-refractivity contribution in [2.45, 2.75) is 58.6 Å². The van der Waals surface area contributed by atoms with Gasteiger partial charge in [0.15, 0.2) is 0 Å². The molecule has 0 aromatic heterocycles. The van der Waals surface area contributed by atoms with Crippen molar-refractivity contribution in [3.63, 3.8) is 0 Å². The molecule has 6 nitrogen and oxygen atoms in total.